The molecule has 4 heteroatoms. The second-order valence-electron chi connectivity index (χ2n) is 5.77. The van der Waals surface area contributed by atoms with E-state index in [4.69, 9.17) is 0 Å². The van der Waals surface area contributed by atoms with Crippen LogP contribution in [0, 0.1) is 5.92 Å². The first-order chi connectivity index (χ1) is 10.1. The maximum absolute atomic E-state index is 11.9. The van der Waals surface area contributed by atoms with E-state index in [0.29, 0.717) is 19.0 Å². The Bertz CT molecular complexity index is 610. The smallest absolute Gasteiger partial charge is 0.236 e. The lowest BCUT2D eigenvalue weighted by Crippen LogP contribution is -2.42. The maximum atomic E-state index is 11.9. The number of nitrogens with zero attached hydrogens (tertiary/aromatic N) is 1. The zero-order valence-corrected chi connectivity index (χ0v) is 12.9. The lowest BCUT2D eigenvalue weighted by molar-refractivity contribution is -0.122. The van der Waals surface area contributed by atoms with Gasteiger partial charge < -0.3 is 10.6 Å². The molecule has 21 heavy (non-hydrogen) atoms. The molecule has 0 aliphatic carbocycles. The molecule has 112 valence electrons. The van der Waals surface area contributed by atoms with Gasteiger partial charge in [0.15, 0.2) is 0 Å². The van der Waals surface area contributed by atoms with Gasteiger partial charge in [-0.25, -0.2) is 0 Å². The number of hydrogen-bond acceptors (Lipinski definition) is 3. The largest absolute Gasteiger partial charge is 0.354 e. The first-order valence-corrected chi connectivity index (χ1v) is 7.41. The summed E-state index contributed by atoms with van der Waals surface area (Å²) >= 11 is 0. The molecular weight excluding hydrogens is 262 g/mol. The van der Waals surface area contributed by atoms with Crippen molar-refractivity contribution in [3.8, 4) is 0 Å². The van der Waals surface area contributed by atoms with Gasteiger partial charge in [0, 0.05) is 24.7 Å². The predicted molar refractivity (Wildman–Crippen MR) is 85.9 cm³/mol. The molecule has 0 spiro atoms. The Morgan fingerprint density at radius 3 is 2.81 bits per heavy atom. The van der Waals surface area contributed by atoms with Crippen LogP contribution in [0.1, 0.15) is 26.3 Å². The topological polar surface area (TPSA) is 54.0 Å². The van der Waals surface area contributed by atoms with Crippen molar-refractivity contribution < 1.29 is 4.79 Å². The number of fused-ring (bicyclic) bond motifs is 1. The number of carbonyl (C=O) groups is 1. The van der Waals surface area contributed by atoms with E-state index < -0.39 is 0 Å². The number of rotatable bonds is 6. The molecule has 2 rings (SSSR count). The van der Waals surface area contributed by atoms with E-state index in [-0.39, 0.29) is 11.9 Å². The van der Waals surface area contributed by atoms with Gasteiger partial charge in [-0.1, -0.05) is 26.0 Å². The first kappa shape index (κ1) is 15.4. The van der Waals surface area contributed by atoms with Gasteiger partial charge in [-0.3, -0.25) is 9.78 Å². The highest BCUT2D eigenvalue weighted by Gasteiger charge is 2.12. The number of pyridine rings is 1. The Hall–Kier alpha value is -1.94. The van der Waals surface area contributed by atoms with Gasteiger partial charge in [0.25, 0.3) is 0 Å². The highest BCUT2D eigenvalue weighted by Crippen LogP contribution is 2.13. The van der Waals surface area contributed by atoms with Crippen LogP contribution < -0.4 is 10.6 Å². The highest BCUT2D eigenvalue weighted by molar-refractivity contribution is 5.81. The van der Waals surface area contributed by atoms with Crippen molar-refractivity contribution in [3.05, 3.63) is 42.1 Å². The standard InChI is InChI=1S/C17H23N3O/c1-12(2)10-20-17(21)13(3)19-11-14-6-7-16-15(9-14)5-4-8-18-16/h4-9,12-13,19H,10-11H2,1-3H3,(H,20,21). The Morgan fingerprint density at radius 1 is 1.24 bits per heavy atom. The maximum Gasteiger partial charge on any atom is 0.236 e. The summed E-state index contributed by atoms with van der Waals surface area (Å²) in [5.41, 5.74) is 2.14. The third-order valence-electron chi connectivity index (χ3n) is 3.36. The summed E-state index contributed by atoms with van der Waals surface area (Å²) in [6, 6.07) is 9.94. The quantitative estimate of drug-likeness (QED) is 0.857. The van der Waals surface area contributed by atoms with Crippen molar-refractivity contribution in [1.29, 1.82) is 0 Å². The first-order valence-electron chi connectivity index (χ1n) is 7.41. The summed E-state index contributed by atoms with van der Waals surface area (Å²) in [6.45, 7) is 7.44. The minimum absolute atomic E-state index is 0.0474. The molecule has 1 atom stereocenters. The average Bonchev–Trinajstić information content (AvgIpc) is 2.49. The van der Waals surface area contributed by atoms with Crippen molar-refractivity contribution in [2.75, 3.05) is 6.54 Å². The molecule has 2 N–H and O–H groups in total. The summed E-state index contributed by atoms with van der Waals surface area (Å²) < 4.78 is 0. The van der Waals surface area contributed by atoms with Crippen molar-refractivity contribution >= 4 is 16.8 Å². The van der Waals surface area contributed by atoms with Crippen LogP contribution in [0.3, 0.4) is 0 Å². The molecule has 0 bridgehead atoms. The zero-order valence-electron chi connectivity index (χ0n) is 12.9. The molecule has 0 fully saturated rings. The predicted octanol–water partition coefficient (Wildman–Crippen LogP) is 2.49. The second-order valence-corrected chi connectivity index (χ2v) is 5.77. The monoisotopic (exact) mass is 285 g/mol. The van der Waals surface area contributed by atoms with E-state index in [1.165, 1.54) is 0 Å². The van der Waals surface area contributed by atoms with Crippen LogP contribution in [-0.4, -0.2) is 23.5 Å². The normalized spacial score (nSPS) is 12.6. The van der Waals surface area contributed by atoms with Crippen LogP contribution in [0.15, 0.2) is 36.5 Å². The molecule has 1 heterocycles. The molecule has 0 aliphatic heterocycles. The molecule has 1 amide bonds. The van der Waals surface area contributed by atoms with Crippen LogP contribution >= 0.6 is 0 Å². The molecule has 0 radical (unpaired) electrons. The summed E-state index contributed by atoms with van der Waals surface area (Å²) in [6.07, 6.45) is 1.79. The van der Waals surface area contributed by atoms with E-state index in [0.717, 1.165) is 16.5 Å². The number of benzene rings is 1. The Balaban J connectivity index is 1.90. The van der Waals surface area contributed by atoms with Crippen LogP contribution in [0.4, 0.5) is 0 Å². The minimum atomic E-state index is -0.201. The summed E-state index contributed by atoms with van der Waals surface area (Å²) in [5, 5.41) is 7.31. The molecule has 1 aromatic heterocycles. The summed E-state index contributed by atoms with van der Waals surface area (Å²) in [5.74, 6) is 0.514. The van der Waals surface area contributed by atoms with Gasteiger partial charge in [-0.15, -0.1) is 0 Å². The van der Waals surface area contributed by atoms with Gasteiger partial charge in [-0.05, 0) is 36.6 Å². The third kappa shape index (κ3) is 4.53. The Kier molecular flexibility index (Phi) is 5.28. The lowest BCUT2D eigenvalue weighted by atomic mass is 10.1. The van der Waals surface area contributed by atoms with Crippen LogP contribution in [0.5, 0.6) is 0 Å². The molecule has 4 nitrogen and oxygen atoms in total. The molecule has 0 saturated carbocycles. The van der Waals surface area contributed by atoms with Crippen molar-refractivity contribution in [3.63, 3.8) is 0 Å². The van der Waals surface area contributed by atoms with Crippen LogP contribution in [0.25, 0.3) is 10.9 Å². The average molecular weight is 285 g/mol. The van der Waals surface area contributed by atoms with E-state index in [1.54, 1.807) is 6.20 Å². The van der Waals surface area contributed by atoms with Gasteiger partial charge in [0.2, 0.25) is 5.91 Å². The molecule has 0 aliphatic rings. The fourth-order valence-electron chi connectivity index (χ4n) is 2.06. The van der Waals surface area contributed by atoms with Gasteiger partial charge in [0.05, 0.1) is 11.6 Å². The van der Waals surface area contributed by atoms with E-state index in [1.807, 2.05) is 31.2 Å². The van der Waals surface area contributed by atoms with Gasteiger partial charge >= 0.3 is 0 Å². The Morgan fingerprint density at radius 2 is 2.05 bits per heavy atom. The minimum Gasteiger partial charge on any atom is -0.354 e. The van der Waals surface area contributed by atoms with Crippen molar-refractivity contribution in [2.45, 2.75) is 33.4 Å². The fraction of sp³-hybridized carbons (Fsp3) is 0.412. The number of hydrogen-bond donors (Lipinski definition) is 2. The van der Waals surface area contributed by atoms with Gasteiger partial charge in [0.1, 0.15) is 0 Å². The number of carbonyl (C=O) groups excluding carboxylic acids is 1. The number of amides is 1. The Labute approximate surface area is 126 Å². The third-order valence-corrected chi connectivity index (χ3v) is 3.36. The summed E-state index contributed by atoms with van der Waals surface area (Å²) in [4.78, 5) is 16.2. The van der Waals surface area contributed by atoms with Crippen molar-refractivity contribution in [1.82, 2.24) is 15.6 Å². The van der Waals surface area contributed by atoms with E-state index >= 15 is 0 Å². The second kappa shape index (κ2) is 7.18. The molecule has 0 saturated heterocycles. The molecule has 1 unspecified atom stereocenters. The fourth-order valence-corrected chi connectivity index (χ4v) is 2.06. The van der Waals surface area contributed by atoms with E-state index in [2.05, 4.69) is 35.5 Å². The van der Waals surface area contributed by atoms with Gasteiger partial charge in [-0.2, -0.15) is 0 Å². The summed E-state index contributed by atoms with van der Waals surface area (Å²) in [7, 11) is 0. The zero-order chi connectivity index (χ0) is 15.2. The van der Waals surface area contributed by atoms with E-state index in [9.17, 15) is 4.79 Å². The van der Waals surface area contributed by atoms with Crippen LogP contribution in [0.2, 0.25) is 0 Å². The molecular formula is C17H23N3O. The molecule has 1 aromatic carbocycles. The number of aromatic nitrogens is 1. The SMILES string of the molecule is CC(C)CNC(=O)C(C)NCc1ccc2ncccc2c1. The lowest BCUT2D eigenvalue weighted by Gasteiger charge is -2.15. The highest BCUT2D eigenvalue weighted by atomic mass is 16.2. The molecule has 2 aromatic rings. The van der Waals surface area contributed by atoms with Crippen molar-refractivity contribution in [2.24, 2.45) is 5.92 Å². The number of nitrogens with one attached hydrogen (secondary N) is 2. The van der Waals surface area contributed by atoms with Crippen LogP contribution in [-0.2, 0) is 11.3 Å².